The third-order valence-corrected chi connectivity index (χ3v) is 4.38. The molecule has 25 heavy (non-hydrogen) atoms. The zero-order valence-corrected chi connectivity index (χ0v) is 14.5. The molecule has 132 valence electrons. The van der Waals surface area contributed by atoms with Gasteiger partial charge in [-0.25, -0.2) is 4.39 Å². The fourth-order valence-electron chi connectivity index (χ4n) is 2.98. The zero-order chi connectivity index (χ0) is 16.5. The number of hydrogen-bond donors (Lipinski definition) is 2. The number of likely N-dealkylation sites (N-methyl/N-ethyl adjacent to an activating group) is 1. The Balaban J connectivity index is 0.00000182. The van der Waals surface area contributed by atoms with Crippen LogP contribution in [0.2, 0.25) is 0 Å². The van der Waals surface area contributed by atoms with Crippen molar-refractivity contribution in [2.45, 2.75) is 6.04 Å². The average molecular weight is 364 g/mol. The number of H-pyrrole nitrogens is 1. The van der Waals surface area contributed by atoms with Crippen molar-refractivity contribution in [2.75, 3.05) is 26.7 Å². The molecule has 1 aliphatic rings. The van der Waals surface area contributed by atoms with Crippen LogP contribution in [0, 0.1) is 5.82 Å². The van der Waals surface area contributed by atoms with Gasteiger partial charge in [-0.15, -0.1) is 12.4 Å². The van der Waals surface area contributed by atoms with Crippen LogP contribution in [0.5, 0.6) is 0 Å². The van der Waals surface area contributed by atoms with Crippen molar-refractivity contribution in [3.63, 3.8) is 0 Å². The molecule has 1 saturated heterocycles. The lowest BCUT2D eigenvalue weighted by atomic mass is 10.0. The first-order valence-electron chi connectivity index (χ1n) is 7.90. The van der Waals surface area contributed by atoms with Gasteiger partial charge in [0.2, 0.25) is 0 Å². The lowest BCUT2D eigenvalue weighted by Gasteiger charge is -2.30. The van der Waals surface area contributed by atoms with E-state index in [2.05, 4.69) is 32.4 Å². The largest absolute Gasteiger partial charge is 0.366 e. The molecule has 2 aromatic heterocycles. The second-order valence-electron chi connectivity index (χ2n) is 5.95. The Morgan fingerprint density at radius 1 is 1.20 bits per heavy atom. The smallest absolute Gasteiger partial charge is 0.260 e. The van der Waals surface area contributed by atoms with Gasteiger partial charge in [-0.05, 0) is 24.7 Å². The third kappa shape index (κ3) is 3.44. The summed E-state index contributed by atoms with van der Waals surface area (Å²) < 4.78 is 18.6. The van der Waals surface area contributed by atoms with Crippen LogP contribution in [0.25, 0.3) is 22.6 Å². The molecule has 1 aromatic carbocycles. The number of hydrogen-bond acceptors (Lipinski definition) is 5. The van der Waals surface area contributed by atoms with Gasteiger partial charge >= 0.3 is 0 Å². The Bertz CT molecular complexity index is 832. The topological polar surface area (TPSA) is 70.0 Å². The molecule has 8 heteroatoms. The molecule has 6 nitrogen and oxygen atoms in total. The average Bonchev–Trinajstić information content (AvgIpc) is 3.25. The van der Waals surface area contributed by atoms with Crippen molar-refractivity contribution in [1.82, 2.24) is 25.3 Å². The number of benzene rings is 1. The van der Waals surface area contributed by atoms with Gasteiger partial charge in [-0.1, -0.05) is 17.3 Å². The van der Waals surface area contributed by atoms with Gasteiger partial charge in [0.1, 0.15) is 5.82 Å². The second kappa shape index (κ2) is 7.35. The Labute approximate surface area is 150 Å². The lowest BCUT2D eigenvalue weighted by Crippen LogP contribution is -2.44. The molecule has 1 unspecified atom stereocenters. The summed E-state index contributed by atoms with van der Waals surface area (Å²) in [5, 5.41) is 7.50. The van der Waals surface area contributed by atoms with Crippen LogP contribution in [-0.4, -0.2) is 46.7 Å². The van der Waals surface area contributed by atoms with Crippen LogP contribution in [-0.2, 0) is 0 Å². The molecule has 3 aromatic rings. The van der Waals surface area contributed by atoms with Crippen molar-refractivity contribution >= 4 is 12.4 Å². The molecule has 4 rings (SSSR count). The number of aromatic nitrogens is 3. The SMILES string of the molecule is CN1CCNCC1c1noc(-c2c[nH]cc2-c2ccc(F)cc2)n1.Cl. The summed E-state index contributed by atoms with van der Waals surface area (Å²) in [4.78, 5) is 9.85. The van der Waals surface area contributed by atoms with Crippen molar-refractivity contribution in [2.24, 2.45) is 0 Å². The van der Waals surface area contributed by atoms with E-state index in [-0.39, 0.29) is 24.3 Å². The molecule has 1 atom stereocenters. The number of halogens is 2. The van der Waals surface area contributed by atoms with Crippen molar-refractivity contribution in [1.29, 1.82) is 0 Å². The standard InChI is InChI=1S/C17H18FN5O.ClH/c1-23-7-6-19-10-15(23)16-21-17(24-22-16)14-9-20-8-13(14)11-2-4-12(18)5-3-11;/h2-5,8-9,15,19-20H,6-7,10H2,1H3;1H. The molecular formula is C17H19ClFN5O. The monoisotopic (exact) mass is 363 g/mol. The minimum atomic E-state index is -0.260. The highest BCUT2D eigenvalue weighted by Crippen LogP contribution is 2.32. The van der Waals surface area contributed by atoms with Crippen LogP contribution in [0.3, 0.4) is 0 Å². The Morgan fingerprint density at radius 2 is 1.96 bits per heavy atom. The maximum atomic E-state index is 13.1. The van der Waals surface area contributed by atoms with Gasteiger partial charge in [0.15, 0.2) is 5.82 Å². The first-order valence-corrected chi connectivity index (χ1v) is 7.90. The van der Waals surface area contributed by atoms with E-state index in [1.54, 1.807) is 12.1 Å². The van der Waals surface area contributed by atoms with Gasteiger partial charge in [-0.2, -0.15) is 4.98 Å². The van der Waals surface area contributed by atoms with E-state index in [1.807, 2.05) is 12.4 Å². The molecule has 0 saturated carbocycles. The van der Waals surface area contributed by atoms with Gasteiger partial charge in [0.05, 0.1) is 11.6 Å². The summed E-state index contributed by atoms with van der Waals surface area (Å²) in [6, 6.07) is 6.45. The molecule has 2 N–H and O–H groups in total. The molecule has 1 aliphatic heterocycles. The van der Waals surface area contributed by atoms with Crippen LogP contribution < -0.4 is 5.32 Å². The Hall–Kier alpha value is -2.22. The zero-order valence-electron chi connectivity index (χ0n) is 13.7. The summed E-state index contributed by atoms with van der Waals surface area (Å²) >= 11 is 0. The van der Waals surface area contributed by atoms with Crippen LogP contribution >= 0.6 is 12.4 Å². The second-order valence-corrected chi connectivity index (χ2v) is 5.95. The van der Waals surface area contributed by atoms with Crippen molar-refractivity contribution < 1.29 is 8.91 Å². The third-order valence-electron chi connectivity index (χ3n) is 4.38. The molecule has 3 heterocycles. The highest BCUT2D eigenvalue weighted by atomic mass is 35.5. The lowest BCUT2D eigenvalue weighted by molar-refractivity contribution is 0.190. The highest BCUT2D eigenvalue weighted by molar-refractivity contribution is 5.85. The maximum Gasteiger partial charge on any atom is 0.260 e. The van der Waals surface area contributed by atoms with E-state index >= 15 is 0 Å². The number of aromatic amines is 1. The molecule has 0 amide bonds. The van der Waals surface area contributed by atoms with Gasteiger partial charge < -0.3 is 14.8 Å². The van der Waals surface area contributed by atoms with E-state index in [9.17, 15) is 4.39 Å². The summed E-state index contributed by atoms with van der Waals surface area (Å²) in [7, 11) is 2.06. The summed E-state index contributed by atoms with van der Waals surface area (Å²) in [6.07, 6.45) is 3.67. The Kier molecular flexibility index (Phi) is 5.17. The minimum Gasteiger partial charge on any atom is -0.366 e. The molecule has 0 radical (unpaired) electrons. The van der Waals surface area contributed by atoms with E-state index in [4.69, 9.17) is 4.52 Å². The predicted molar refractivity (Wildman–Crippen MR) is 95.0 cm³/mol. The van der Waals surface area contributed by atoms with Gasteiger partial charge in [0.25, 0.3) is 5.89 Å². The molecule has 0 aliphatic carbocycles. The fourth-order valence-corrected chi connectivity index (χ4v) is 2.98. The number of rotatable bonds is 3. The molecule has 0 spiro atoms. The van der Waals surface area contributed by atoms with E-state index in [0.29, 0.717) is 11.7 Å². The van der Waals surface area contributed by atoms with Crippen molar-refractivity contribution in [3.8, 4) is 22.6 Å². The maximum absolute atomic E-state index is 13.1. The number of nitrogens with zero attached hydrogens (tertiary/aromatic N) is 3. The van der Waals surface area contributed by atoms with E-state index in [0.717, 1.165) is 36.3 Å². The van der Waals surface area contributed by atoms with E-state index in [1.165, 1.54) is 12.1 Å². The van der Waals surface area contributed by atoms with Gasteiger partial charge in [-0.3, -0.25) is 4.90 Å². The van der Waals surface area contributed by atoms with E-state index < -0.39 is 0 Å². The van der Waals surface area contributed by atoms with Crippen molar-refractivity contribution in [3.05, 3.63) is 48.3 Å². The fraction of sp³-hybridized carbons (Fsp3) is 0.294. The minimum absolute atomic E-state index is 0. The highest BCUT2D eigenvalue weighted by Gasteiger charge is 2.26. The summed E-state index contributed by atoms with van der Waals surface area (Å²) in [5.74, 6) is 0.874. The van der Waals surface area contributed by atoms with Crippen LogP contribution in [0.4, 0.5) is 4.39 Å². The molecular weight excluding hydrogens is 345 g/mol. The summed E-state index contributed by atoms with van der Waals surface area (Å²) in [6.45, 7) is 2.71. The van der Waals surface area contributed by atoms with Crippen LogP contribution in [0.1, 0.15) is 11.9 Å². The molecule has 1 fully saturated rings. The quantitative estimate of drug-likeness (QED) is 0.748. The van der Waals surface area contributed by atoms with Crippen LogP contribution in [0.15, 0.2) is 41.2 Å². The number of piperazine rings is 1. The molecule has 0 bridgehead atoms. The van der Waals surface area contributed by atoms with Gasteiger partial charge in [0, 0.05) is 37.6 Å². The number of nitrogens with one attached hydrogen (secondary N) is 2. The normalized spacial score (nSPS) is 18.1. The first kappa shape index (κ1) is 17.6. The summed E-state index contributed by atoms with van der Waals surface area (Å²) in [5.41, 5.74) is 2.61. The Morgan fingerprint density at radius 3 is 2.72 bits per heavy atom. The predicted octanol–water partition coefficient (Wildman–Crippen LogP) is 2.87. The first-order chi connectivity index (χ1) is 11.7.